The topological polar surface area (TPSA) is 68.3 Å². The minimum atomic E-state index is 0.0651. The summed E-state index contributed by atoms with van der Waals surface area (Å²) in [6.45, 7) is 7.53. The van der Waals surface area contributed by atoms with Gasteiger partial charge in [-0.1, -0.05) is 0 Å². The number of likely N-dealkylation sites (tertiary alicyclic amines) is 1. The lowest BCUT2D eigenvalue weighted by atomic mass is 9.98. The van der Waals surface area contributed by atoms with Gasteiger partial charge in [0.15, 0.2) is 5.65 Å². The fourth-order valence-electron chi connectivity index (χ4n) is 4.11. The first-order chi connectivity index (χ1) is 13.0. The van der Waals surface area contributed by atoms with Gasteiger partial charge in [-0.3, -0.25) is 4.79 Å². The Balaban J connectivity index is 1.64. The summed E-state index contributed by atoms with van der Waals surface area (Å²) in [5.41, 5.74) is 3.98. The molecule has 3 aromatic heterocycles. The number of hydrogen-bond acceptors (Lipinski definition) is 4. The van der Waals surface area contributed by atoms with Gasteiger partial charge in [0.2, 0.25) is 0 Å². The van der Waals surface area contributed by atoms with Gasteiger partial charge in [-0.2, -0.15) is 5.10 Å². The highest BCUT2D eigenvalue weighted by Gasteiger charge is 2.31. The molecule has 4 heterocycles. The van der Waals surface area contributed by atoms with Crippen LogP contribution < -0.4 is 0 Å². The van der Waals surface area contributed by atoms with Crippen molar-refractivity contribution >= 4 is 11.6 Å². The first kappa shape index (κ1) is 17.7. The lowest BCUT2D eigenvalue weighted by Crippen LogP contribution is -2.44. The predicted molar refractivity (Wildman–Crippen MR) is 103 cm³/mol. The molecule has 3 aromatic rings. The molecule has 7 heteroatoms. The van der Waals surface area contributed by atoms with Crippen molar-refractivity contribution in [1.82, 2.24) is 29.0 Å². The summed E-state index contributed by atoms with van der Waals surface area (Å²) in [6, 6.07) is 2.23. The van der Waals surface area contributed by atoms with E-state index in [4.69, 9.17) is 0 Å². The molecule has 1 fully saturated rings. The van der Waals surface area contributed by atoms with E-state index in [0.29, 0.717) is 11.2 Å². The Morgan fingerprint density at radius 1 is 1.26 bits per heavy atom. The van der Waals surface area contributed by atoms with E-state index in [1.54, 1.807) is 10.7 Å². The largest absolute Gasteiger partial charge is 0.337 e. The number of aromatic nitrogens is 5. The molecule has 0 bridgehead atoms. The van der Waals surface area contributed by atoms with Crippen molar-refractivity contribution in [2.75, 3.05) is 6.54 Å². The molecule has 0 aromatic carbocycles. The van der Waals surface area contributed by atoms with Gasteiger partial charge in [-0.15, -0.1) is 0 Å². The fraction of sp³-hybridized carbons (Fsp3) is 0.500. The number of nitrogens with zero attached hydrogens (tertiary/aromatic N) is 6. The molecule has 1 amide bonds. The predicted octanol–water partition coefficient (Wildman–Crippen LogP) is 2.94. The normalized spacial score (nSPS) is 17.6. The lowest BCUT2D eigenvalue weighted by Gasteiger charge is -2.36. The number of rotatable bonds is 4. The SMILES string of the molecule is Cc1cc(C)n2nc(C)c(C(=O)N3CCCC[C@@H]3CCn3ccnc3)c2n1. The van der Waals surface area contributed by atoms with Gasteiger partial charge in [-0.05, 0) is 52.5 Å². The maximum Gasteiger partial charge on any atom is 0.259 e. The third-order valence-electron chi connectivity index (χ3n) is 5.45. The first-order valence-corrected chi connectivity index (χ1v) is 9.65. The zero-order valence-electron chi connectivity index (χ0n) is 16.2. The maximum atomic E-state index is 13.5. The van der Waals surface area contributed by atoms with Crippen LogP contribution in [0, 0.1) is 20.8 Å². The van der Waals surface area contributed by atoms with Crippen LogP contribution in [0.2, 0.25) is 0 Å². The van der Waals surface area contributed by atoms with Crippen LogP contribution in [-0.2, 0) is 6.54 Å². The summed E-state index contributed by atoms with van der Waals surface area (Å²) in [4.78, 5) is 24.3. The molecule has 1 saturated heterocycles. The van der Waals surface area contributed by atoms with Crippen LogP contribution in [0.25, 0.3) is 5.65 Å². The zero-order chi connectivity index (χ0) is 19.0. The minimum Gasteiger partial charge on any atom is -0.337 e. The number of amides is 1. The molecule has 1 aliphatic heterocycles. The Labute approximate surface area is 159 Å². The van der Waals surface area contributed by atoms with E-state index < -0.39 is 0 Å². The van der Waals surface area contributed by atoms with E-state index in [-0.39, 0.29) is 11.9 Å². The van der Waals surface area contributed by atoms with Crippen LogP contribution in [0.1, 0.15) is 53.1 Å². The van der Waals surface area contributed by atoms with E-state index >= 15 is 0 Å². The second kappa shape index (κ2) is 7.13. The van der Waals surface area contributed by atoms with E-state index in [2.05, 4.69) is 19.6 Å². The van der Waals surface area contributed by atoms with E-state index in [1.807, 2.05) is 44.3 Å². The monoisotopic (exact) mass is 366 g/mol. The van der Waals surface area contributed by atoms with Gasteiger partial charge in [0.05, 0.1) is 12.0 Å². The van der Waals surface area contributed by atoms with Gasteiger partial charge >= 0.3 is 0 Å². The van der Waals surface area contributed by atoms with Crippen molar-refractivity contribution in [3.63, 3.8) is 0 Å². The highest BCUT2D eigenvalue weighted by atomic mass is 16.2. The molecular formula is C20H26N6O. The average Bonchev–Trinajstić information content (AvgIpc) is 3.27. The molecule has 27 heavy (non-hydrogen) atoms. The number of carbonyl (C=O) groups is 1. The molecule has 142 valence electrons. The Kier molecular flexibility index (Phi) is 4.68. The summed E-state index contributed by atoms with van der Waals surface area (Å²) in [6.07, 6.45) is 9.80. The molecular weight excluding hydrogens is 340 g/mol. The summed E-state index contributed by atoms with van der Waals surface area (Å²) in [5, 5.41) is 4.58. The standard InChI is InChI=1S/C20H26N6O/c1-14-12-15(2)26-19(22-14)18(16(3)23-26)20(27)25-9-5-4-6-17(25)7-10-24-11-8-21-13-24/h8,11-13,17H,4-7,9-10H2,1-3H3/t17-/m1/s1. The number of imidazole rings is 1. The van der Waals surface area contributed by atoms with Gasteiger partial charge in [-0.25, -0.2) is 14.5 Å². The van der Waals surface area contributed by atoms with Crippen molar-refractivity contribution in [3.05, 3.63) is 47.4 Å². The van der Waals surface area contributed by atoms with Crippen LogP contribution in [-0.4, -0.2) is 47.5 Å². The minimum absolute atomic E-state index is 0.0651. The fourth-order valence-corrected chi connectivity index (χ4v) is 4.11. The van der Waals surface area contributed by atoms with E-state index in [0.717, 1.165) is 49.4 Å². The van der Waals surface area contributed by atoms with Crippen molar-refractivity contribution in [2.24, 2.45) is 0 Å². The number of carbonyl (C=O) groups excluding carboxylic acids is 1. The summed E-state index contributed by atoms with van der Waals surface area (Å²) < 4.78 is 3.87. The van der Waals surface area contributed by atoms with Gasteiger partial charge < -0.3 is 9.47 Å². The van der Waals surface area contributed by atoms with Crippen molar-refractivity contribution in [2.45, 2.75) is 59.0 Å². The third kappa shape index (κ3) is 3.34. The van der Waals surface area contributed by atoms with E-state index in [1.165, 1.54) is 6.42 Å². The number of aryl methyl sites for hydroxylation is 4. The Morgan fingerprint density at radius 3 is 2.89 bits per heavy atom. The first-order valence-electron chi connectivity index (χ1n) is 9.65. The van der Waals surface area contributed by atoms with Crippen molar-refractivity contribution in [3.8, 4) is 0 Å². The van der Waals surface area contributed by atoms with Gasteiger partial charge in [0.1, 0.15) is 5.56 Å². The van der Waals surface area contributed by atoms with Gasteiger partial charge in [0, 0.05) is 42.9 Å². The maximum absolute atomic E-state index is 13.5. The molecule has 1 aliphatic rings. The summed E-state index contributed by atoms with van der Waals surface area (Å²) in [5.74, 6) is 0.0651. The smallest absolute Gasteiger partial charge is 0.259 e. The zero-order valence-corrected chi connectivity index (χ0v) is 16.2. The molecule has 0 spiro atoms. The highest BCUT2D eigenvalue weighted by Crippen LogP contribution is 2.25. The van der Waals surface area contributed by atoms with E-state index in [9.17, 15) is 4.79 Å². The van der Waals surface area contributed by atoms with Crippen LogP contribution in [0.5, 0.6) is 0 Å². The molecule has 4 rings (SSSR count). The summed E-state index contributed by atoms with van der Waals surface area (Å²) in [7, 11) is 0. The van der Waals surface area contributed by atoms with Crippen molar-refractivity contribution in [1.29, 1.82) is 0 Å². The van der Waals surface area contributed by atoms with Crippen LogP contribution >= 0.6 is 0 Å². The molecule has 1 atom stereocenters. The molecule has 0 saturated carbocycles. The molecule has 0 radical (unpaired) electrons. The third-order valence-corrected chi connectivity index (χ3v) is 5.45. The lowest BCUT2D eigenvalue weighted by molar-refractivity contribution is 0.0596. The molecule has 7 nitrogen and oxygen atoms in total. The van der Waals surface area contributed by atoms with Crippen LogP contribution in [0.15, 0.2) is 24.8 Å². The molecule has 0 N–H and O–H groups in total. The molecule has 0 aliphatic carbocycles. The van der Waals surface area contributed by atoms with Crippen LogP contribution in [0.4, 0.5) is 0 Å². The number of piperidine rings is 1. The second-order valence-corrected chi connectivity index (χ2v) is 7.47. The van der Waals surface area contributed by atoms with Crippen molar-refractivity contribution < 1.29 is 4.79 Å². The Hall–Kier alpha value is -2.70. The average molecular weight is 366 g/mol. The van der Waals surface area contributed by atoms with Crippen LogP contribution in [0.3, 0.4) is 0 Å². The second-order valence-electron chi connectivity index (χ2n) is 7.47. The van der Waals surface area contributed by atoms with Gasteiger partial charge in [0.25, 0.3) is 5.91 Å². The Bertz CT molecular complexity index is 959. The Morgan fingerprint density at radius 2 is 2.11 bits per heavy atom. The highest BCUT2D eigenvalue weighted by molar-refractivity contribution is 6.01. The number of fused-ring (bicyclic) bond motifs is 1. The molecule has 0 unspecified atom stereocenters. The summed E-state index contributed by atoms with van der Waals surface area (Å²) >= 11 is 0. The quantitative estimate of drug-likeness (QED) is 0.712. The number of hydrogen-bond donors (Lipinski definition) is 0.